The van der Waals surface area contributed by atoms with Crippen molar-refractivity contribution in [3.05, 3.63) is 252 Å². The van der Waals surface area contributed by atoms with Gasteiger partial charge in [-0.25, -0.2) is 37.4 Å². The van der Waals surface area contributed by atoms with Crippen LogP contribution in [0.4, 0.5) is 8.78 Å². The Morgan fingerprint density at radius 1 is 0.433 bits per heavy atom. The SMILES string of the molecule is [2H]C([2H])([2H])C([2H])(C)c1ccc2c(n1)oc1c(-c3c(-c4ccc(C5CCCC5)cc4)ccc[n+]3C)c(C)ccc12.[2H]C([2H])([2H])C([2H])(c1ccc2c(n1)oc1c(-c3cc(-c4ccc(F)cc4)cc[n+]3C)c(C)ccc12)C([2H])([2H])[2H].[2H]C([2H])([2H])C([2H])(c1ccc2c(n1)oc1c(-c3ccc(-c4ccc(F)cc4)c[n+]3C)c(C)ccc12)C([2H])([2H])[2H]. The molecule has 9 heterocycles. The molecule has 6 aromatic carbocycles. The van der Waals surface area contributed by atoms with E-state index >= 15 is 0 Å². The van der Waals surface area contributed by atoms with Crippen LogP contribution in [0.5, 0.6) is 0 Å². The van der Waals surface area contributed by atoms with E-state index in [1.54, 1.807) is 42.5 Å². The first-order valence-corrected chi connectivity index (χ1v) is 32.1. The summed E-state index contributed by atoms with van der Waals surface area (Å²) < 4.78 is 194. The highest BCUT2D eigenvalue weighted by molar-refractivity contribution is 6.11. The first-order valence-electron chi connectivity index (χ1n) is 41.1. The second-order valence-corrected chi connectivity index (χ2v) is 25.1. The second-order valence-electron chi connectivity index (χ2n) is 25.1. The predicted molar refractivity (Wildman–Crippen MR) is 388 cm³/mol. The number of fused-ring (bicyclic) bond motifs is 9. The van der Waals surface area contributed by atoms with Gasteiger partial charge >= 0.3 is 0 Å². The van der Waals surface area contributed by atoms with Gasteiger partial charge in [0.25, 0.3) is 0 Å². The van der Waals surface area contributed by atoms with E-state index in [1.807, 2.05) is 123 Å². The van der Waals surface area contributed by atoms with Gasteiger partial charge < -0.3 is 13.3 Å². The molecule has 1 unspecified atom stereocenters. The molecule has 11 heteroatoms. The molecule has 0 aliphatic heterocycles. The number of nitrogens with zero attached hydrogens (tertiary/aromatic N) is 6. The minimum Gasteiger partial charge on any atom is -0.437 e. The first kappa shape index (κ1) is 45.8. The van der Waals surface area contributed by atoms with Gasteiger partial charge in [-0.15, -0.1) is 0 Å². The predicted octanol–water partition coefficient (Wildman–Crippen LogP) is 21.6. The Kier molecular flexibility index (Phi) is 12.4. The van der Waals surface area contributed by atoms with E-state index in [4.69, 9.17) is 37.9 Å². The summed E-state index contributed by atoms with van der Waals surface area (Å²) in [6.45, 7) is -7.78. The van der Waals surface area contributed by atoms with Gasteiger partial charge in [0.15, 0.2) is 35.3 Å². The molecule has 0 N–H and O–H groups in total. The number of benzene rings is 6. The standard InChI is InChI=1S/C32H33N2O.2C27H24FN2O/c1-20(2)28-18-17-27-26-16-11-21(3)29(31(26)35-32(27)33-28)30-25(10-7-19-34(30)4)24-14-12-23(13-15-24)22-8-5-6-9-22;1-16(2)23-13-12-22-21-11-5-17(3)25(26(21)31-27(22)29-23)24-14-8-19(15-30(24)4)18-6-9-20(28)10-7-18;1-16(2)23-12-11-22-21-10-5-17(3)25(26(21)31-27(22)29-23)24-15-19(13-14-30(24)4)18-6-8-20(28)9-7-18/h7,10-20,22H,5-6,8-9H2,1-4H3;2*5-16H,1-4H3/q3*+1/i1D3,20D;2*1D3,2D3,16D. The Labute approximate surface area is 590 Å². The van der Waals surface area contributed by atoms with Gasteiger partial charge in [0.1, 0.15) is 32.8 Å². The maximum Gasteiger partial charge on any atom is 0.227 e. The van der Waals surface area contributed by atoms with Crippen LogP contribution in [0.25, 0.3) is 133 Å². The molecular weight excluding hydrogens is 1200 g/mol. The van der Waals surface area contributed by atoms with Gasteiger partial charge in [0.2, 0.25) is 34.2 Å². The summed E-state index contributed by atoms with van der Waals surface area (Å²) >= 11 is 0. The summed E-state index contributed by atoms with van der Waals surface area (Å²) in [5.41, 5.74) is 16.8. The minimum atomic E-state index is -3.15. The third kappa shape index (κ3) is 12.3. The minimum absolute atomic E-state index is 0.0480. The van der Waals surface area contributed by atoms with Crippen molar-refractivity contribution < 1.29 is 60.4 Å². The molecule has 1 atom stereocenters. The molecule has 1 saturated carbocycles. The van der Waals surface area contributed by atoms with Gasteiger partial charge in [-0.05, 0) is 175 Å². The molecule has 0 amide bonds. The molecule has 9 nitrogen and oxygen atoms in total. The maximum absolute atomic E-state index is 13.5. The average Bonchev–Trinajstić information content (AvgIpc) is 1.69. The Balaban J connectivity index is 0.000000142. The monoisotopic (exact) mass is 1300 g/mol. The lowest BCUT2D eigenvalue weighted by Crippen LogP contribution is -2.31. The van der Waals surface area contributed by atoms with Crippen molar-refractivity contribution in [1.82, 2.24) is 15.0 Å². The molecule has 0 radical (unpaired) electrons. The van der Waals surface area contributed by atoms with Crippen LogP contribution in [-0.4, -0.2) is 15.0 Å². The molecule has 1 fully saturated rings. The fraction of sp³-hybridized carbons (Fsp3) is 0.233. The van der Waals surface area contributed by atoms with E-state index in [9.17, 15) is 8.78 Å². The van der Waals surface area contributed by atoms with Crippen LogP contribution < -0.4 is 13.7 Å². The Hall–Kier alpha value is -10.5. The van der Waals surface area contributed by atoms with Crippen molar-refractivity contribution in [2.45, 2.75) is 111 Å². The van der Waals surface area contributed by atoms with E-state index in [1.165, 1.54) is 74.6 Å². The van der Waals surface area contributed by atoms with Gasteiger partial charge in [0, 0.05) is 104 Å². The fourth-order valence-electron chi connectivity index (χ4n) is 13.5. The fourth-order valence-corrected chi connectivity index (χ4v) is 13.5. The van der Waals surface area contributed by atoms with Crippen molar-refractivity contribution in [1.29, 1.82) is 0 Å². The number of hydrogen-bond acceptors (Lipinski definition) is 6. The van der Waals surface area contributed by atoms with E-state index < -0.39 is 63.3 Å². The molecule has 0 saturated heterocycles. The number of aryl methyl sites for hydroxylation is 6. The van der Waals surface area contributed by atoms with Crippen molar-refractivity contribution in [2.24, 2.45) is 21.1 Å². The summed E-state index contributed by atoms with van der Waals surface area (Å²) in [5, 5.41) is 4.30. The summed E-state index contributed by atoms with van der Waals surface area (Å²) in [6.07, 6.45) is 11.1. The van der Waals surface area contributed by atoms with E-state index in [2.05, 4.69) is 68.9 Å². The maximum atomic E-state index is 13.5. The summed E-state index contributed by atoms with van der Waals surface area (Å²) in [4.78, 5) is 13.1. The highest BCUT2D eigenvalue weighted by Gasteiger charge is 2.28. The zero-order chi connectivity index (χ0) is 82.8. The van der Waals surface area contributed by atoms with E-state index in [0.717, 1.165) is 100 Å². The third-order valence-electron chi connectivity index (χ3n) is 18.7. The number of furan rings is 3. The summed E-state index contributed by atoms with van der Waals surface area (Å²) in [6, 6.07) is 54.3. The van der Waals surface area contributed by atoms with Crippen molar-refractivity contribution in [3.8, 4) is 67.2 Å². The number of aromatic nitrogens is 6. The smallest absolute Gasteiger partial charge is 0.227 e. The summed E-state index contributed by atoms with van der Waals surface area (Å²) in [5.74, 6) is -7.65. The Bertz CT molecular complexity index is 6250. The zero-order valence-corrected chi connectivity index (χ0v) is 54.6. The number of halogens is 2. The molecule has 15 aromatic rings. The van der Waals surface area contributed by atoms with Crippen LogP contribution in [0.1, 0.15) is 154 Å². The molecule has 9 aromatic heterocycles. The molecule has 0 bridgehead atoms. The quantitative estimate of drug-likeness (QED) is 0.127. The highest BCUT2D eigenvalue weighted by Crippen LogP contribution is 2.43. The number of pyridine rings is 6. The normalized spacial score (nSPS) is 16.9. The highest BCUT2D eigenvalue weighted by atomic mass is 19.1. The molecule has 16 rings (SSSR count). The molecule has 1 aliphatic carbocycles. The van der Waals surface area contributed by atoms with Gasteiger partial charge in [0.05, 0.1) is 22.3 Å². The van der Waals surface area contributed by atoms with E-state index in [-0.39, 0.29) is 28.8 Å². The molecular formula is C86H81F2N6O3+3. The van der Waals surface area contributed by atoms with Crippen LogP contribution >= 0.6 is 0 Å². The van der Waals surface area contributed by atoms with Gasteiger partial charge in [-0.1, -0.05) is 139 Å². The lowest BCUT2D eigenvalue weighted by atomic mass is 9.92. The van der Waals surface area contributed by atoms with Crippen LogP contribution in [-0.2, 0) is 21.1 Å². The van der Waals surface area contributed by atoms with Crippen molar-refractivity contribution >= 4 is 66.2 Å². The van der Waals surface area contributed by atoms with Crippen LogP contribution in [0.3, 0.4) is 0 Å². The van der Waals surface area contributed by atoms with Gasteiger partial charge in [-0.2, -0.15) is 0 Å². The lowest BCUT2D eigenvalue weighted by Gasteiger charge is -2.13. The second kappa shape index (κ2) is 26.2. The zero-order valence-electron chi connectivity index (χ0n) is 72.6. The molecule has 484 valence electrons. The van der Waals surface area contributed by atoms with Gasteiger partial charge in [-0.3, -0.25) is 0 Å². The lowest BCUT2D eigenvalue weighted by molar-refractivity contribution is -0.660. The summed E-state index contributed by atoms with van der Waals surface area (Å²) in [7, 11) is 5.83. The molecule has 97 heavy (non-hydrogen) atoms. The number of rotatable bonds is 10. The first-order chi connectivity index (χ1) is 54.0. The third-order valence-corrected chi connectivity index (χ3v) is 18.7. The largest absolute Gasteiger partial charge is 0.437 e. The average molecular weight is 1300 g/mol. The molecule has 0 spiro atoms. The van der Waals surface area contributed by atoms with Crippen LogP contribution in [0, 0.1) is 32.4 Å². The Morgan fingerprint density at radius 2 is 0.876 bits per heavy atom. The topological polar surface area (TPSA) is 89.7 Å². The number of hydrogen-bond donors (Lipinski definition) is 0. The van der Waals surface area contributed by atoms with E-state index in [0.29, 0.717) is 44.5 Å². The molecule has 1 aliphatic rings. The van der Waals surface area contributed by atoms with Crippen molar-refractivity contribution in [2.75, 3.05) is 0 Å². The van der Waals surface area contributed by atoms with Crippen LogP contribution in [0.2, 0.25) is 0 Å². The Morgan fingerprint density at radius 3 is 1.38 bits per heavy atom. The van der Waals surface area contributed by atoms with Crippen molar-refractivity contribution in [3.63, 3.8) is 0 Å². The van der Waals surface area contributed by atoms with Crippen LogP contribution in [0.15, 0.2) is 214 Å².